The van der Waals surface area contributed by atoms with Crippen LogP contribution in [0.3, 0.4) is 0 Å². The zero-order chi connectivity index (χ0) is 16.3. The van der Waals surface area contributed by atoms with Gasteiger partial charge >= 0.3 is 0 Å². The van der Waals surface area contributed by atoms with Crippen LogP contribution < -0.4 is 0 Å². The highest BCUT2D eigenvalue weighted by Gasteiger charge is 2.21. The highest BCUT2D eigenvalue weighted by molar-refractivity contribution is 5.16. The summed E-state index contributed by atoms with van der Waals surface area (Å²) in [6.45, 7) is 1.08. The summed E-state index contributed by atoms with van der Waals surface area (Å²) >= 11 is 0. The largest absolute Gasteiger partial charge is 0.393 e. The van der Waals surface area contributed by atoms with Gasteiger partial charge in [-0.05, 0) is 23.1 Å². The first-order valence-electron chi connectivity index (χ1n) is 7.66. The third-order valence-electron chi connectivity index (χ3n) is 3.38. The van der Waals surface area contributed by atoms with Gasteiger partial charge < -0.3 is 9.84 Å². The molecule has 1 saturated heterocycles. The van der Waals surface area contributed by atoms with Crippen molar-refractivity contribution in [1.82, 2.24) is 0 Å². The Balaban J connectivity index is 0.000000172. The molecule has 0 amide bonds. The molecule has 3 rings (SSSR count). The average Bonchev–Trinajstić information content (AvgIpc) is 3.39. The Morgan fingerprint density at radius 3 is 2.17 bits per heavy atom. The van der Waals surface area contributed by atoms with Crippen molar-refractivity contribution in [2.45, 2.75) is 25.0 Å². The van der Waals surface area contributed by atoms with Crippen molar-refractivity contribution in [2.75, 3.05) is 13.2 Å². The Morgan fingerprint density at radius 2 is 1.65 bits per heavy atom. The quantitative estimate of drug-likeness (QED) is 0.383. The molecule has 0 spiro atoms. The van der Waals surface area contributed by atoms with Gasteiger partial charge in [-0.2, -0.15) is 0 Å². The standard InChI is InChI=1S/C9H11N3O.C9H10O/c10-12-11-7-9(13)6-8-4-2-1-3-5-8;1-2-4-8(5-3-1)6-9-7-10-9/h1-5,9,13H,6-7H2;1-5,9H,6-7H2. The highest BCUT2D eigenvalue weighted by Crippen LogP contribution is 2.15. The van der Waals surface area contributed by atoms with E-state index in [0.29, 0.717) is 12.5 Å². The Hall–Kier alpha value is -2.33. The molecule has 0 saturated carbocycles. The molecule has 2 unspecified atom stereocenters. The van der Waals surface area contributed by atoms with Crippen LogP contribution in [0.2, 0.25) is 0 Å². The van der Waals surface area contributed by atoms with Gasteiger partial charge in [0.1, 0.15) is 0 Å². The second kappa shape index (κ2) is 9.64. The van der Waals surface area contributed by atoms with Crippen molar-refractivity contribution in [3.8, 4) is 0 Å². The molecule has 0 bridgehead atoms. The predicted molar refractivity (Wildman–Crippen MR) is 90.1 cm³/mol. The Morgan fingerprint density at radius 1 is 1.09 bits per heavy atom. The number of aliphatic hydroxyl groups excluding tert-OH is 1. The normalized spacial score (nSPS) is 16.5. The van der Waals surface area contributed by atoms with Crippen molar-refractivity contribution >= 4 is 0 Å². The van der Waals surface area contributed by atoms with Gasteiger partial charge in [-0.1, -0.05) is 65.8 Å². The van der Waals surface area contributed by atoms with E-state index in [1.54, 1.807) is 0 Å². The fraction of sp³-hybridized carbons (Fsp3) is 0.333. The number of hydrogen-bond acceptors (Lipinski definition) is 3. The zero-order valence-corrected chi connectivity index (χ0v) is 13.0. The fourth-order valence-corrected chi connectivity index (χ4v) is 2.14. The van der Waals surface area contributed by atoms with Crippen molar-refractivity contribution in [1.29, 1.82) is 0 Å². The summed E-state index contributed by atoms with van der Waals surface area (Å²) in [5, 5.41) is 12.7. The molecule has 23 heavy (non-hydrogen) atoms. The van der Waals surface area contributed by atoms with Crippen molar-refractivity contribution in [2.24, 2.45) is 5.11 Å². The molecule has 1 fully saturated rings. The summed E-state index contributed by atoms with van der Waals surface area (Å²) in [7, 11) is 0. The molecular weight excluding hydrogens is 290 g/mol. The lowest BCUT2D eigenvalue weighted by Gasteiger charge is -2.06. The SMILES string of the molecule is [N-]=[N+]=NCC(O)Cc1ccccc1.c1ccc(CC2CO2)cc1. The monoisotopic (exact) mass is 311 g/mol. The number of aliphatic hydroxyl groups is 1. The number of epoxide rings is 1. The molecule has 1 N–H and O–H groups in total. The molecule has 1 aliphatic rings. The molecule has 0 radical (unpaired) electrons. The van der Waals surface area contributed by atoms with Crippen LogP contribution >= 0.6 is 0 Å². The molecule has 1 aliphatic heterocycles. The predicted octanol–water partition coefficient (Wildman–Crippen LogP) is 3.53. The molecule has 5 nitrogen and oxygen atoms in total. The minimum absolute atomic E-state index is 0.130. The van der Waals surface area contributed by atoms with Crippen LogP contribution in [0.5, 0.6) is 0 Å². The van der Waals surface area contributed by atoms with E-state index in [2.05, 4.69) is 34.3 Å². The summed E-state index contributed by atoms with van der Waals surface area (Å²) in [6.07, 6.45) is 1.54. The molecule has 5 heteroatoms. The Bertz CT molecular complexity index is 609. The van der Waals surface area contributed by atoms with Crippen LogP contribution in [0.15, 0.2) is 65.8 Å². The second-order valence-corrected chi connectivity index (χ2v) is 5.40. The fourth-order valence-electron chi connectivity index (χ4n) is 2.14. The summed E-state index contributed by atoms with van der Waals surface area (Å²) < 4.78 is 5.11. The van der Waals surface area contributed by atoms with Crippen molar-refractivity contribution in [3.63, 3.8) is 0 Å². The van der Waals surface area contributed by atoms with Gasteiger partial charge in [0.2, 0.25) is 0 Å². The number of azide groups is 1. The average molecular weight is 311 g/mol. The lowest BCUT2D eigenvalue weighted by molar-refractivity contribution is 0.183. The van der Waals surface area contributed by atoms with E-state index in [1.165, 1.54) is 5.56 Å². The molecule has 0 aliphatic carbocycles. The summed E-state index contributed by atoms with van der Waals surface area (Å²) in [5.41, 5.74) is 10.5. The van der Waals surface area contributed by atoms with E-state index in [-0.39, 0.29) is 6.54 Å². The minimum Gasteiger partial charge on any atom is -0.393 e. The minimum atomic E-state index is -0.585. The summed E-state index contributed by atoms with van der Waals surface area (Å²) in [5.74, 6) is 0. The van der Waals surface area contributed by atoms with Crippen LogP contribution in [0.4, 0.5) is 0 Å². The smallest absolute Gasteiger partial charge is 0.0850 e. The lowest BCUT2D eigenvalue weighted by Crippen LogP contribution is -2.13. The van der Waals surface area contributed by atoms with E-state index in [4.69, 9.17) is 10.3 Å². The molecule has 0 aromatic heterocycles. The van der Waals surface area contributed by atoms with Gasteiger partial charge in [-0.15, -0.1) is 0 Å². The van der Waals surface area contributed by atoms with E-state index < -0.39 is 6.10 Å². The summed E-state index contributed by atoms with van der Waals surface area (Å²) in [4.78, 5) is 2.58. The summed E-state index contributed by atoms with van der Waals surface area (Å²) in [6, 6.07) is 20.1. The van der Waals surface area contributed by atoms with Crippen molar-refractivity contribution in [3.05, 3.63) is 82.2 Å². The van der Waals surface area contributed by atoms with Crippen LogP contribution in [0.25, 0.3) is 10.4 Å². The van der Waals surface area contributed by atoms with Crippen LogP contribution in [0, 0.1) is 0 Å². The van der Waals surface area contributed by atoms with E-state index >= 15 is 0 Å². The molecule has 2 atom stereocenters. The number of hydrogen-bond donors (Lipinski definition) is 1. The number of nitrogens with zero attached hydrogens (tertiary/aromatic N) is 3. The Labute approximate surface area is 136 Å². The number of ether oxygens (including phenoxy) is 1. The second-order valence-electron chi connectivity index (χ2n) is 5.40. The maximum Gasteiger partial charge on any atom is 0.0850 e. The molecule has 1 heterocycles. The van der Waals surface area contributed by atoms with Gasteiger partial charge in [-0.25, -0.2) is 0 Å². The van der Waals surface area contributed by atoms with E-state index in [1.807, 2.05) is 36.4 Å². The van der Waals surface area contributed by atoms with Crippen LogP contribution in [-0.4, -0.2) is 30.5 Å². The zero-order valence-electron chi connectivity index (χ0n) is 13.0. The maximum atomic E-state index is 9.37. The van der Waals surface area contributed by atoms with Gasteiger partial charge in [-0.3, -0.25) is 0 Å². The van der Waals surface area contributed by atoms with Gasteiger partial charge in [0, 0.05) is 11.3 Å². The van der Waals surface area contributed by atoms with Crippen LogP contribution in [0.1, 0.15) is 11.1 Å². The maximum absolute atomic E-state index is 9.37. The highest BCUT2D eigenvalue weighted by atomic mass is 16.6. The molecule has 120 valence electrons. The first kappa shape index (κ1) is 17.0. The first-order chi connectivity index (χ1) is 11.3. The molecule has 2 aromatic carbocycles. The topological polar surface area (TPSA) is 81.5 Å². The van der Waals surface area contributed by atoms with Crippen LogP contribution in [-0.2, 0) is 17.6 Å². The first-order valence-corrected chi connectivity index (χ1v) is 7.66. The van der Waals surface area contributed by atoms with E-state index in [0.717, 1.165) is 18.6 Å². The van der Waals surface area contributed by atoms with E-state index in [9.17, 15) is 5.11 Å². The van der Waals surface area contributed by atoms with Gasteiger partial charge in [0.15, 0.2) is 0 Å². The lowest BCUT2D eigenvalue weighted by atomic mass is 10.1. The Kier molecular flexibility index (Phi) is 7.14. The van der Waals surface area contributed by atoms with Gasteiger partial charge in [0.25, 0.3) is 0 Å². The number of rotatable bonds is 6. The number of benzene rings is 2. The van der Waals surface area contributed by atoms with Gasteiger partial charge in [0.05, 0.1) is 25.4 Å². The third-order valence-corrected chi connectivity index (χ3v) is 3.38. The third kappa shape index (κ3) is 7.47. The molecular formula is C18H21N3O2. The molecule has 2 aromatic rings. The van der Waals surface area contributed by atoms with Crippen molar-refractivity contribution < 1.29 is 9.84 Å².